The van der Waals surface area contributed by atoms with E-state index in [0.29, 0.717) is 48.2 Å². The minimum atomic E-state index is 0.321. The molecule has 2 fully saturated rings. The van der Waals surface area contributed by atoms with Gasteiger partial charge in [0, 0.05) is 62.8 Å². The van der Waals surface area contributed by atoms with Crippen molar-refractivity contribution in [2.75, 3.05) is 65.8 Å². The number of nitriles is 2. The van der Waals surface area contributed by atoms with Gasteiger partial charge in [-0.2, -0.15) is 10.5 Å². The number of hydrogen-bond donors (Lipinski definition) is 0. The molecule has 0 bridgehead atoms. The van der Waals surface area contributed by atoms with Gasteiger partial charge in [0.25, 0.3) is 0 Å². The topological polar surface area (TPSA) is 117 Å². The highest BCUT2D eigenvalue weighted by atomic mass is 16.5. The first-order valence-electron chi connectivity index (χ1n) is 12.2. The van der Waals surface area contributed by atoms with Gasteiger partial charge < -0.3 is 18.9 Å². The molecule has 0 aromatic carbocycles. The van der Waals surface area contributed by atoms with E-state index >= 15 is 0 Å². The molecule has 36 heavy (non-hydrogen) atoms. The SMILES string of the molecule is CC(COc1cc(C#N)ccn1)N1CCOCC1.CC(COc1cc(C#N)ccn1)N1CCOCC1. The number of ether oxygens (including phenoxy) is 4. The highest BCUT2D eigenvalue weighted by Gasteiger charge is 2.18. The van der Waals surface area contributed by atoms with Crippen LogP contribution >= 0.6 is 0 Å². The maximum Gasteiger partial charge on any atom is 0.214 e. The molecule has 0 radical (unpaired) electrons. The number of morpholine rings is 2. The fourth-order valence-corrected chi connectivity index (χ4v) is 3.78. The molecule has 2 atom stereocenters. The van der Waals surface area contributed by atoms with Crippen LogP contribution in [0.25, 0.3) is 0 Å². The summed E-state index contributed by atoms with van der Waals surface area (Å²) in [5, 5.41) is 17.6. The maximum absolute atomic E-state index is 8.79. The maximum atomic E-state index is 8.79. The first kappa shape index (κ1) is 27.3. The van der Waals surface area contributed by atoms with Crippen molar-refractivity contribution in [3.05, 3.63) is 47.8 Å². The molecule has 2 unspecified atom stereocenters. The van der Waals surface area contributed by atoms with E-state index in [1.807, 2.05) is 0 Å². The molecule has 0 spiro atoms. The lowest BCUT2D eigenvalue weighted by Crippen LogP contribution is -2.44. The van der Waals surface area contributed by atoms with Gasteiger partial charge in [-0.1, -0.05) is 0 Å². The Kier molecular flexibility index (Phi) is 11.4. The summed E-state index contributed by atoms with van der Waals surface area (Å²) >= 11 is 0. The van der Waals surface area contributed by atoms with E-state index in [2.05, 4.69) is 45.8 Å². The van der Waals surface area contributed by atoms with Crippen molar-refractivity contribution >= 4 is 0 Å². The van der Waals surface area contributed by atoms with Crippen LogP contribution in [0.4, 0.5) is 0 Å². The Balaban J connectivity index is 0.000000201. The Morgan fingerprint density at radius 2 is 1.17 bits per heavy atom. The van der Waals surface area contributed by atoms with Crippen LogP contribution in [0.5, 0.6) is 11.8 Å². The Morgan fingerprint density at radius 1 is 0.778 bits per heavy atom. The predicted molar refractivity (Wildman–Crippen MR) is 133 cm³/mol. The van der Waals surface area contributed by atoms with E-state index < -0.39 is 0 Å². The molecular weight excluding hydrogens is 460 g/mol. The largest absolute Gasteiger partial charge is 0.476 e. The van der Waals surface area contributed by atoms with Crippen LogP contribution in [0.1, 0.15) is 25.0 Å². The van der Waals surface area contributed by atoms with Gasteiger partial charge in [0.15, 0.2) is 0 Å². The zero-order valence-electron chi connectivity index (χ0n) is 21.0. The van der Waals surface area contributed by atoms with Crippen molar-refractivity contribution in [2.45, 2.75) is 25.9 Å². The third-order valence-electron chi connectivity index (χ3n) is 6.01. The van der Waals surface area contributed by atoms with Crippen molar-refractivity contribution < 1.29 is 18.9 Å². The van der Waals surface area contributed by atoms with E-state index in [0.717, 1.165) is 52.6 Å². The number of nitrogens with zero attached hydrogens (tertiary/aromatic N) is 6. The second kappa shape index (κ2) is 15.0. The van der Waals surface area contributed by atoms with Crippen LogP contribution in [0.2, 0.25) is 0 Å². The summed E-state index contributed by atoms with van der Waals surface area (Å²) in [7, 11) is 0. The molecule has 2 saturated heterocycles. The minimum absolute atomic E-state index is 0.321. The van der Waals surface area contributed by atoms with Gasteiger partial charge in [0.05, 0.1) is 49.7 Å². The van der Waals surface area contributed by atoms with Crippen LogP contribution < -0.4 is 9.47 Å². The fourth-order valence-electron chi connectivity index (χ4n) is 3.78. The summed E-state index contributed by atoms with van der Waals surface area (Å²) < 4.78 is 21.9. The second-order valence-corrected chi connectivity index (χ2v) is 8.61. The summed E-state index contributed by atoms with van der Waals surface area (Å²) in [4.78, 5) is 12.8. The van der Waals surface area contributed by atoms with E-state index in [-0.39, 0.29) is 0 Å². The number of aromatic nitrogens is 2. The molecule has 4 rings (SSSR count). The summed E-state index contributed by atoms with van der Waals surface area (Å²) in [6, 6.07) is 11.4. The lowest BCUT2D eigenvalue weighted by atomic mass is 10.2. The van der Waals surface area contributed by atoms with Crippen LogP contribution in [0.15, 0.2) is 36.7 Å². The zero-order chi connectivity index (χ0) is 25.6. The Bertz CT molecular complexity index is 930. The molecule has 10 nitrogen and oxygen atoms in total. The Morgan fingerprint density at radius 3 is 1.53 bits per heavy atom. The van der Waals surface area contributed by atoms with Gasteiger partial charge in [-0.05, 0) is 26.0 Å². The molecule has 2 aromatic heterocycles. The summed E-state index contributed by atoms with van der Waals surface area (Å²) in [6.07, 6.45) is 3.18. The van der Waals surface area contributed by atoms with Gasteiger partial charge in [0.1, 0.15) is 13.2 Å². The molecule has 4 heterocycles. The Hall–Kier alpha value is -3.28. The van der Waals surface area contributed by atoms with Gasteiger partial charge in [-0.15, -0.1) is 0 Å². The highest BCUT2D eigenvalue weighted by molar-refractivity contribution is 5.31. The van der Waals surface area contributed by atoms with Gasteiger partial charge in [-0.3, -0.25) is 9.80 Å². The van der Waals surface area contributed by atoms with Crippen LogP contribution in [-0.4, -0.2) is 97.7 Å². The van der Waals surface area contributed by atoms with Crippen LogP contribution in [0, 0.1) is 22.7 Å². The molecule has 0 aliphatic carbocycles. The minimum Gasteiger partial charge on any atom is -0.476 e. The molecule has 192 valence electrons. The average molecular weight is 495 g/mol. The van der Waals surface area contributed by atoms with E-state index in [1.54, 1.807) is 36.7 Å². The number of pyridine rings is 2. The summed E-state index contributed by atoms with van der Waals surface area (Å²) in [6.45, 7) is 12.3. The van der Waals surface area contributed by atoms with Crippen molar-refractivity contribution in [2.24, 2.45) is 0 Å². The number of rotatable bonds is 8. The quantitative estimate of drug-likeness (QED) is 0.540. The molecule has 2 aliphatic heterocycles. The summed E-state index contributed by atoms with van der Waals surface area (Å²) in [5.74, 6) is 1.02. The molecule has 10 heteroatoms. The molecular formula is C26H34N6O4. The lowest BCUT2D eigenvalue weighted by molar-refractivity contribution is 0.0101. The van der Waals surface area contributed by atoms with E-state index in [9.17, 15) is 0 Å². The van der Waals surface area contributed by atoms with E-state index in [1.165, 1.54) is 0 Å². The van der Waals surface area contributed by atoms with Crippen molar-refractivity contribution in [1.29, 1.82) is 10.5 Å². The lowest BCUT2D eigenvalue weighted by Gasteiger charge is -2.31. The molecule has 2 aromatic rings. The van der Waals surface area contributed by atoms with Crippen molar-refractivity contribution in [1.82, 2.24) is 19.8 Å². The number of hydrogen-bond acceptors (Lipinski definition) is 10. The van der Waals surface area contributed by atoms with Crippen molar-refractivity contribution in [3.8, 4) is 23.9 Å². The van der Waals surface area contributed by atoms with Crippen molar-refractivity contribution in [3.63, 3.8) is 0 Å². The van der Waals surface area contributed by atoms with Crippen LogP contribution in [-0.2, 0) is 9.47 Å². The second-order valence-electron chi connectivity index (χ2n) is 8.61. The predicted octanol–water partition coefficient (Wildman–Crippen LogP) is 2.11. The first-order chi connectivity index (χ1) is 17.6. The standard InChI is InChI=1S/2C13H17N3O2/c2*1-11(16-4-6-17-7-5-16)10-18-13-8-12(9-14)2-3-15-13/h2*2-3,8,11H,4-7,10H2,1H3. The Labute approximate surface area is 213 Å². The average Bonchev–Trinajstić information content (AvgIpc) is 2.96. The normalized spacial score (nSPS) is 18.0. The highest BCUT2D eigenvalue weighted by Crippen LogP contribution is 2.12. The summed E-state index contributed by atoms with van der Waals surface area (Å²) in [5.41, 5.74) is 1.14. The molecule has 2 aliphatic rings. The third-order valence-corrected chi connectivity index (χ3v) is 6.01. The molecule has 0 saturated carbocycles. The third kappa shape index (κ3) is 9.06. The smallest absolute Gasteiger partial charge is 0.214 e. The van der Waals surface area contributed by atoms with Gasteiger partial charge in [-0.25, -0.2) is 9.97 Å². The first-order valence-corrected chi connectivity index (χ1v) is 12.2. The van der Waals surface area contributed by atoms with Gasteiger partial charge in [0.2, 0.25) is 11.8 Å². The van der Waals surface area contributed by atoms with Crippen LogP contribution in [0.3, 0.4) is 0 Å². The molecule has 0 amide bonds. The van der Waals surface area contributed by atoms with Gasteiger partial charge >= 0.3 is 0 Å². The zero-order valence-corrected chi connectivity index (χ0v) is 21.0. The monoisotopic (exact) mass is 494 g/mol. The molecule has 0 N–H and O–H groups in total. The van der Waals surface area contributed by atoms with E-state index in [4.69, 9.17) is 29.5 Å². The fraction of sp³-hybridized carbons (Fsp3) is 0.538.